The molecule has 2 fully saturated rings. The Balaban J connectivity index is 1.25. The van der Waals surface area contributed by atoms with Crippen molar-refractivity contribution in [3.63, 3.8) is 0 Å². The number of piperidine rings is 1. The van der Waals surface area contributed by atoms with Crippen LogP contribution in [0.4, 0.5) is 11.4 Å². The van der Waals surface area contributed by atoms with Crippen LogP contribution in [0.5, 0.6) is 0 Å². The summed E-state index contributed by atoms with van der Waals surface area (Å²) >= 11 is 0. The summed E-state index contributed by atoms with van der Waals surface area (Å²) in [5.41, 5.74) is 7.65. The van der Waals surface area contributed by atoms with Gasteiger partial charge in [0, 0.05) is 80.9 Å². The number of carbonyl (C=O) groups is 2. The van der Waals surface area contributed by atoms with Crippen molar-refractivity contribution >= 4 is 23.2 Å². The maximum Gasteiger partial charge on any atom is 0.255 e. The summed E-state index contributed by atoms with van der Waals surface area (Å²) in [5, 5.41) is 9.59. The lowest BCUT2D eigenvalue weighted by molar-refractivity contribution is 0.0950. The predicted molar refractivity (Wildman–Crippen MR) is 181 cm³/mol. The highest BCUT2D eigenvalue weighted by Gasteiger charge is 2.18. The van der Waals surface area contributed by atoms with Crippen molar-refractivity contribution in [2.24, 2.45) is 0 Å². The Kier molecular flexibility index (Phi) is 9.83. The molecule has 6 rings (SSSR count). The maximum absolute atomic E-state index is 13.6. The summed E-state index contributed by atoms with van der Waals surface area (Å²) in [7, 11) is 0. The van der Waals surface area contributed by atoms with Gasteiger partial charge in [-0.25, -0.2) is 0 Å². The van der Waals surface area contributed by atoms with E-state index >= 15 is 0 Å². The van der Waals surface area contributed by atoms with Gasteiger partial charge in [0.15, 0.2) is 0 Å². The van der Waals surface area contributed by atoms with Crippen LogP contribution in [0, 0.1) is 6.92 Å². The molecule has 2 aliphatic rings. The van der Waals surface area contributed by atoms with E-state index in [2.05, 4.69) is 55.0 Å². The fourth-order valence-corrected chi connectivity index (χ4v) is 6.16. The lowest BCUT2D eigenvalue weighted by atomic mass is 10.0. The van der Waals surface area contributed by atoms with E-state index in [0.717, 1.165) is 86.6 Å². The molecule has 3 heterocycles. The molecule has 0 bridgehead atoms. The number of anilines is 2. The summed E-state index contributed by atoms with van der Waals surface area (Å²) in [6.45, 7) is 9.27. The normalized spacial score (nSPS) is 15.4. The van der Waals surface area contributed by atoms with Crippen LogP contribution in [0.1, 0.15) is 56.7 Å². The minimum atomic E-state index is -0.170. The Bertz CT molecular complexity index is 1640. The van der Waals surface area contributed by atoms with Crippen LogP contribution in [0.2, 0.25) is 0 Å². The molecule has 8 heteroatoms. The highest BCUT2D eigenvalue weighted by Crippen LogP contribution is 2.33. The van der Waals surface area contributed by atoms with E-state index in [1.54, 1.807) is 12.3 Å². The molecule has 232 valence electrons. The van der Waals surface area contributed by atoms with Crippen LogP contribution in [0.15, 0.2) is 85.1 Å². The Labute approximate surface area is 265 Å². The lowest BCUT2D eigenvalue weighted by Gasteiger charge is -2.29. The number of amides is 2. The SMILES string of the molecule is Cc1cccc(CNC(=O)c2ccnc(-c3cc(N4CCCCC4)ccc3NC(=O)c3cccc(CN4CCNCC4)c3)c2)c1. The maximum atomic E-state index is 13.6. The second kappa shape index (κ2) is 14.5. The van der Waals surface area contributed by atoms with Gasteiger partial charge in [-0.2, -0.15) is 0 Å². The monoisotopic (exact) mass is 602 g/mol. The molecule has 0 radical (unpaired) electrons. The van der Waals surface area contributed by atoms with Crippen molar-refractivity contribution in [1.29, 1.82) is 0 Å². The minimum absolute atomic E-state index is 0.167. The number of rotatable bonds is 9. The van der Waals surface area contributed by atoms with Crippen LogP contribution in [-0.4, -0.2) is 61.0 Å². The van der Waals surface area contributed by atoms with E-state index < -0.39 is 0 Å². The van der Waals surface area contributed by atoms with Crippen molar-refractivity contribution in [2.45, 2.75) is 39.3 Å². The molecule has 4 aromatic rings. The first-order valence-corrected chi connectivity index (χ1v) is 16.0. The second-order valence-corrected chi connectivity index (χ2v) is 12.1. The minimum Gasteiger partial charge on any atom is -0.372 e. The summed E-state index contributed by atoms with van der Waals surface area (Å²) in [5.74, 6) is -0.338. The van der Waals surface area contributed by atoms with Gasteiger partial charge in [0.05, 0.1) is 11.4 Å². The van der Waals surface area contributed by atoms with Gasteiger partial charge in [0.2, 0.25) is 0 Å². The Morgan fingerprint density at radius 1 is 0.800 bits per heavy atom. The summed E-state index contributed by atoms with van der Waals surface area (Å²) < 4.78 is 0. The summed E-state index contributed by atoms with van der Waals surface area (Å²) in [4.78, 5) is 36.3. The van der Waals surface area contributed by atoms with Crippen LogP contribution in [0.25, 0.3) is 11.3 Å². The number of aromatic nitrogens is 1. The van der Waals surface area contributed by atoms with Crippen LogP contribution >= 0.6 is 0 Å². The topological polar surface area (TPSA) is 89.6 Å². The summed E-state index contributed by atoms with van der Waals surface area (Å²) in [6, 6.07) is 25.7. The Morgan fingerprint density at radius 2 is 1.58 bits per heavy atom. The molecule has 0 aliphatic carbocycles. The third-order valence-electron chi connectivity index (χ3n) is 8.61. The van der Waals surface area contributed by atoms with Crippen molar-refractivity contribution in [3.8, 4) is 11.3 Å². The molecule has 2 amide bonds. The number of nitrogens with one attached hydrogen (secondary N) is 3. The van der Waals surface area contributed by atoms with Gasteiger partial charge in [0.25, 0.3) is 11.8 Å². The van der Waals surface area contributed by atoms with E-state index in [-0.39, 0.29) is 11.8 Å². The van der Waals surface area contributed by atoms with Gasteiger partial charge in [-0.15, -0.1) is 0 Å². The molecular formula is C37H42N6O2. The zero-order valence-corrected chi connectivity index (χ0v) is 26.0. The predicted octanol–water partition coefficient (Wildman–Crippen LogP) is 5.63. The zero-order chi connectivity index (χ0) is 31.0. The van der Waals surface area contributed by atoms with E-state index in [4.69, 9.17) is 0 Å². The van der Waals surface area contributed by atoms with Gasteiger partial charge < -0.3 is 20.9 Å². The standard InChI is InChI=1S/C37H42N6O2/c1-27-7-5-8-28(21-27)25-40-36(44)31-13-14-39-35(23-31)33-24-32(43-17-3-2-4-18-43)11-12-34(33)41-37(45)30-10-6-9-29(22-30)26-42-19-15-38-16-20-42/h5-14,21-24,38H,2-4,15-20,25-26H2,1H3,(H,40,44)(H,41,45). The zero-order valence-electron chi connectivity index (χ0n) is 26.0. The van der Waals surface area contributed by atoms with Crippen LogP contribution < -0.4 is 20.9 Å². The molecule has 2 saturated heterocycles. The van der Waals surface area contributed by atoms with Crippen molar-refractivity contribution < 1.29 is 9.59 Å². The van der Waals surface area contributed by atoms with Crippen LogP contribution in [0.3, 0.4) is 0 Å². The average Bonchev–Trinajstić information content (AvgIpc) is 3.08. The Morgan fingerprint density at radius 3 is 2.40 bits per heavy atom. The smallest absolute Gasteiger partial charge is 0.255 e. The number of pyridine rings is 1. The molecule has 0 unspecified atom stereocenters. The summed E-state index contributed by atoms with van der Waals surface area (Å²) in [6.07, 6.45) is 5.22. The number of hydrogen-bond acceptors (Lipinski definition) is 6. The highest BCUT2D eigenvalue weighted by molar-refractivity contribution is 6.06. The number of carbonyl (C=O) groups excluding carboxylic acids is 2. The van der Waals surface area contributed by atoms with E-state index in [9.17, 15) is 9.59 Å². The molecule has 0 spiro atoms. The van der Waals surface area contributed by atoms with Gasteiger partial charge >= 0.3 is 0 Å². The number of benzene rings is 3. The first-order valence-electron chi connectivity index (χ1n) is 16.0. The van der Waals surface area contributed by atoms with Crippen molar-refractivity contribution in [3.05, 3.63) is 113 Å². The van der Waals surface area contributed by atoms with Gasteiger partial charge in [-0.1, -0.05) is 42.0 Å². The van der Waals surface area contributed by atoms with E-state index in [1.807, 2.05) is 55.5 Å². The molecule has 2 aliphatic heterocycles. The molecule has 45 heavy (non-hydrogen) atoms. The fraction of sp³-hybridized carbons (Fsp3) is 0.324. The van der Waals surface area contributed by atoms with E-state index in [0.29, 0.717) is 29.1 Å². The number of nitrogens with zero attached hydrogens (tertiary/aromatic N) is 3. The van der Waals surface area contributed by atoms with Crippen molar-refractivity contribution in [1.82, 2.24) is 20.5 Å². The van der Waals surface area contributed by atoms with Gasteiger partial charge in [-0.05, 0) is 79.8 Å². The largest absolute Gasteiger partial charge is 0.372 e. The molecule has 3 aromatic carbocycles. The molecule has 0 atom stereocenters. The first-order chi connectivity index (χ1) is 22.0. The molecule has 1 aromatic heterocycles. The van der Waals surface area contributed by atoms with Crippen molar-refractivity contribution in [2.75, 3.05) is 49.5 Å². The molecular weight excluding hydrogens is 560 g/mol. The third kappa shape index (κ3) is 7.95. The second-order valence-electron chi connectivity index (χ2n) is 12.1. The molecule has 3 N–H and O–H groups in total. The molecule has 8 nitrogen and oxygen atoms in total. The van der Waals surface area contributed by atoms with E-state index in [1.165, 1.54) is 6.42 Å². The lowest BCUT2D eigenvalue weighted by Crippen LogP contribution is -2.42. The fourth-order valence-electron chi connectivity index (χ4n) is 6.16. The average molecular weight is 603 g/mol. The number of hydrogen-bond donors (Lipinski definition) is 3. The Hall–Kier alpha value is -4.53. The van der Waals surface area contributed by atoms with Crippen LogP contribution in [-0.2, 0) is 13.1 Å². The highest BCUT2D eigenvalue weighted by atomic mass is 16.2. The number of piperazine rings is 1. The molecule has 0 saturated carbocycles. The number of aryl methyl sites for hydroxylation is 1. The first kappa shape index (κ1) is 30.5. The van der Waals surface area contributed by atoms with Gasteiger partial charge in [-0.3, -0.25) is 19.5 Å². The third-order valence-corrected chi connectivity index (χ3v) is 8.61. The van der Waals surface area contributed by atoms with Gasteiger partial charge in [0.1, 0.15) is 0 Å². The quantitative estimate of drug-likeness (QED) is 0.230.